The molecule has 142 valence electrons. The van der Waals surface area contributed by atoms with Crippen molar-refractivity contribution in [2.24, 2.45) is 0 Å². The van der Waals surface area contributed by atoms with E-state index in [9.17, 15) is 0 Å². The molecule has 0 amide bonds. The number of nitrogens with one attached hydrogen (secondary N) is 2. The zero-order valence-corrected chi connectivity index (χ0v) is 16.2. The van der Waals surface area contributed by atoms with Gasteiger partial charge in [0.1, 0.15) is 0 Å². The van der Waals surface area contributed by atoms with E-state index < -0.39 is 0 Å². The van der Waals surface area contributed by atoms with Crippen LogP contribution in [0.3, 0.4) is 0 Å². The minimum absolute atomic E-state index is 0.566. The molecule has 1 saturated heterocycles. The van der Waals surface area contributed by atoms with E-state index in [0.717, 1.165) is 56.9 Å². The van der Waals surface area contributed by atoms with Gasteiger partial charge in [0, 0.05) is 68.9 Å². The topological polar surface area (TPSA) is 56.4 Å². The Balaban J connectivity index is 1.68. The van der Waals surface area contributed by atoms with E-state index in [4.69, 9.17) is 4.74 Å². The Kier molecular flexibility index (Phi) is 6.66. The van der Waals surface area contributed by atoms with Crippen molar-refractivity contribution >= 4 is 5.69 Å². The van der Waals surface area contributed by atoms with Gasteiger partial charge in [-0.05, 0) is 39.1 Å². The first-order valence-corrected chi connectivity index (χ1v) is 9.46. The van der Waals surface area contributed by atoms with Gasteiger partial charge in [0.25, 0.3) is 0 Å². The lowest BCUT2D eigenvalue weighted by atomic mass is 10.0. The second-order valence-corrected chi connectivity index (χ2v) is 7.10. The van der Waals surface area contributed by atoms with Crippen LogP contribution >= 0.6 is 0 Å². The minimum atomic E-state index is 0.566. The summed E-state index contributed by atoms with van der Waals surface area (Å²) in [4.78, 5) is 4.68. The first kappa shape index (κ1) is 18.9. The predicted octanol–water partition coefficient (Wildman–Crippen LogP) is 2.34. The summed E-state index contributed by atoms with van der Waals surface area (Å²) >= 11 is 0. The molecule has 0 atom stereocenters. The van der Waals surface area contributed by atoms with Crippen LogP contribution in [-0.4, -0.2) is 68.6 Å². The highest BCUT2D eigenvalue weighted by molar-refractivity contribution is 5.65. The molecule has 3 rings (SSSR count). The molecule has 6 nitrogen and oxygen atoms in total. The van der Waals surface area contributed by atoms with Crippen molar-refractivity contribution in [1.82, 2.24) is 20.4 Å². The fourth-order valence-electron chi connectivity index (χ4n) is 3.50. The van der Waals surface area contributed by atoms with Gasteiger partial charge in [-0.3, -0.25) is 5.10 Å². The van der Waals surface area contributed by atoms with Crippen molar-refractivity contribution in [3.63, 3.8) is 0 Å². The summed E-state index contributed by atoms with van der Waals surface area (Å²) in [5.41, 5.74) is 4.69. The SMILES string of the molecule is CNCCN(C)Cc1c[nH]nc1-c1ccc(N(C)C2CCOCC2)cc1. The third-order valence-corrected chi connectivity index (χ3v) is 5.19. The van der Waals surface area contributed by atoms with E-state index in [2.05, 4.69) is 63.7 Å². The first-order valence-electron chi connectivity index (χ1n) is 9.46. The van der Waals surface area contributed by atoms with Crippen molar-refractivity contribution in [1.29, 1.82) is 0 Å². The molecule has 6 heteroatoms. The third-order valence-electron chi connectivity index (χ3n) is 5.19. The number of aromatic amines is 1. The minimum Gasteiger partial charge on any atom is -0.381 e. The van der Waals surface area contributed by atoms with Gasteiger partial charge in [0.15, 0.2) is 0 Å². The van der Waals surface area contributed by atoms with Gasteiger partial charge in [-0.2, -0.15) is 5.10 Å². The molecule has 1 aromatic carbocycles. The smallest absolute Gasteiger partial charge is 0.0965 e. The maximum atomic E-state index is 5.48. The van der Waals surface area contributed by atoms with Crippen molar-refractivity contribution in [3.05, 3.63) is 36.0 Å². The second kappa shape index (κ2) is 9.16. The molecule has 1 aliphatic rings. The maximum Gasteiger partial charge on any atom is 0.0965 e. The van der Waals surface area contributed by atoms with Crippen LogP contribution in [0, 0.1) is 0 Å². The van der Waals surface area contributed by atoms with Gasteiger partial charge >= 0.3 is 0 Å². The summed E-state index contributed by atoms with van der Waals surface area (Å²) in [5, 5.41) is 10.7. The number of anilines is 1. The number of rotatable bonds is 8. The van der Waals surface area contributed by atoms with Gasteiger partial charge in [-0.15, -0.1) is 0 Å². The van der Waals surface area contributed by atoms with Gasteiger partial charge in [-0.1, -0.05) is 12.1 Å². The van der Waals surface area contributed by atoms with Crippen molar-refractivity contribution in [3.8, 4) is 11.3 Å². The first-order chi connectivity index (χ1) is 12.7. The Hall–Kier alpha value is -1.89. The normalized spacial score (nSPS) is 15.5. The molecule has 2 N–H and O–H groups in total. The van der Waals surface area contributed by atoms with Gasteiger partial charge in [0.2, 0.25) is 0 Å². The fraction of sp³-hybridized carbons (Fsp3) is 0.550. The number of benzene rings is 1. The molecule has 2 heterocycles. The second-order valence-electron chi connectivity index (χ2n) is 7.10. The fourth-order valence-corrected chi connectivity index (χ4v) is 3.50. The predicted molar refractivity (Wildman–Crippen MR) is 107 cm³/mol. The lowest BCUT2D eigenvalue weighted by Gasteiger charge is -2.33. The highest BCUT2D eigenvalue weighted by atomic mass is 16.5. The Morgan fingerprint density at radius 1 is 1.19 bits per heavy atom. The molecule has 0 bridgehead atoms. The number of hydrogen-bond acceptors (Lipinski definition) is 5. The summed E-state index contributed by atoms with van der Waals surface area (Å²) in [6.07, 6.45) is 4.20. The molecule has 26 heavy (non-hydrogen) atoms. The molecule has 1 aliphatic heterocycles. The van der Waals surface area contributed by atoms with E-state index in [0.29, 0.717) is 6.04 Å². The number of ether oxygens (including phenoxy) is 1. The van der Waals surface area contributed by atoms with Crippen molar-refractivity contribution in [2.75, 3.05) is 52.3 Å². The van der Waals surface area contributed by atoms with Gasteiger partial charge in [0.05, 0.1) is 5.69 Å². The summed E-state index contributed by atoms with van der Waals surface area (Å²) in [6.45, 7) is 4.61. The molecule has 2 aromatic rings. The van der Waals surface area contributed by atoms with Crippen LogP contribution in [0.5, 0.6) is 0 Å². The molecular weight excluding hydrogens is 326 g/mol. The van der Waals surface area contributed by atoms with Crippen LogP contribution in [0.4, 0.5) is 5.69 Å². The van der Waals surface area contributed by atoms with E-state index in [1.54, 1.807) is 0 Å². The molecule has 1 aromatic heterocycles. The standard InChI is InChI=1S/C20H31N5O/c1-21-10-11-24(2)15-17-14-22-23-20(17)16-4-6-18(7-5-16)25(3)19-8-12-26-13-9-19/h4-7,14,19,21H,8-13,15H2,1-3H3,(H,22,23). The van der Waals surface area contributed by atoms with Crippen LogP contribution in [0.2, 0.25) is 0 Å². The van der Waals surface area contributed by atoms with Gasteiger partial charge < -0.3 is 19.9 Å². The maximum absolute atomic E-state index is 5.48. The lowest BCUT2D eigenvalue weighted by Crippen LogP contribution is -2.36. The Labute approximate surface area is 156 Å². The summed E-state index contributed by atoms with van der Waals surface area (Å²) < 4.78 is 5.48. The lowest BCUT2D eigenvalue weighted by molar-refractivity contribution is 0.0855. The molecule has 0 unspecified atom stereocenters. The molecule has 0 spiro atoms. The molecule has 0 saturated carbocycles. The number of aromatic nitrogens is 2. The zero-order chi connectivity index (χ0) is 18.4. The summed E-state index contributed by atoms with van der Waals surface area (Å²) in [5.74, 6) is 0. The quantitative estimate of drug-likeness (QED) is 0.759. The van der Waals surface area contributed by atoms with Crippen LogP contribution in [-0.2, 0) is 11.3 Å². The Morgan fingerprint density at radius 2 is 1.92 bits per heavy atom. The van der Waals surface area contributed by atoms with E-state index in [-0.39, 0.29) is 0 Å². The number of hydrogen-bond donors (Lipinski definition) is 2. The average Bonchev–Trinajstić information content (AvgIpc) is 3.14. The zero-order valence-electron chi connectivity index (χ0n) is 16.2. The van der Waals surface area contributed by atoms with Crippen molar-refractivity contribution < 1.29 is 4.74 Å². The molecule has 0 radical (unpaired) electrons. The van der Waals surface area contributed by atoms with Crippen molar-refractivity contribution in [2.45, 2.75) is 25.4 Å². The molecule has 1 fully saturated rings. The van der Waals surface area contributed by atoms with E-state index >= 15 is 0 Å². The molecule has 0 aliphatic carbocycles. The largest absolute Gasteiger partial charge is 0.381 e. The average molecular weight is 358 g/mol. The van der Waals surface area contributed by atoms with Crippen LogP contribution < -0.4 is 10.2 Å². The summed E-state index contributed by atoms with van der Waals surface area (Å²) in [6, 6.07) is 9.33. The Morgan fingerprint density at radius 3 is 2.62 bits per heavy atom. The van der Waals surface area contributed by atoms with E-state index in [1.807, 2.05) is 13.2 Å². The number of likely N-dealkylation sites (N-methyl/N-ethyl adjacent to an activating group) is 2. The highest BCUT2D eigenvalue weighted by Gasteiger charge is 2.19. The Bertz CT molecular complexity index is 663. The van der Waals surface area contributed by atoms with Crippen LogP contribution in [0.1, 0.15) is 18.4 Å². The third kappa shape index (κ3) is 4.63. The number of H-pyrrole nitrogens is 1. The summed E-state index contributed by atoms with van der Waals surface area (Å²) in [7, 11) is 6.30. The monoisotopic (exact) mass is 357 g/mol. The van der Waals surface area contributed by atoms with Crippen LogP contribution in [0.25, 0.3) is 11.3 Å². The van der Waals surface area contributed by atoms with E-state index in [1.165, 1.54) is 11.3 Å². The highest BCUT2D eigenvalue weighted by Crippen LogP contribution is 2.27. The molecular formula is C20H31N5O. The van der Waals surface area contributed by atoms with Crippen LogP contribution in [0.15, 0.2) is 30.5 Å². The van der Waals surface area contributed by atoms with Gasteiger partial charge in [-0.25, -0.2) is 0 Å². The number of nitrogens with zero attached hydrogens (tertiary/aromatic N) is 3.